The zero-order valence-electron chi connectivity index (χ0n) is 10.9. The summed E-state index contributed by atoms with van der Waals surface area (Å²) >= 11 is 0. The number of aliphatic hydroxyl groups is 1. The number of aliphatic hydroxyl groups excluding tert-OH is 1. The van der Waals surface area contributed by atoms with Crippen molar-refractivity contribution in [1.29, 1.82) is 0 Å². The summed E-state index contributed by atoms with van der Waals surface area (Å²) in [4.78, 5) is 0. The fourth-order valence-electron chi connectivity index (χ4n) is 2.42. The van der Waals surface area contributed by atoms with E-state index < -0.39 is 6.29 Å². The van der Waals surface area contributed by atoms with Crippen molar-refractivity contribution < 1.29 is 14.2 Å². The summed E-state index contributed by atoms with van der Waals surface area (Å²) in [7, 11) is 0. The van der Waals surface area contributed by atoms with E-state index in [0.717, 1.165) is 16.9 Å². The summed E-state index contributed by atoms with van der Waals surface area (Å²) in [6.07, 6.45) is 3.71. The third-order valence-electron chi connectivity index (χ3n) is 3.43. The van der Waals surface area contributed by atoms with E-state index in [0.29, 0.717) is 6.42 Å². The highest BCUT2D eigenvalue weighted by atomic mass is 19.1. The third-order valence-corrected chi connectivity index (χ3v) is 3.43. The van der Waals surface area contributed by atoms with Gasteiger partial charge in [-0.2, -0.15) is 0 Å². The minimum absolute atomic E-state index is 0.0972. The van der Waals surface area contributed by atoms with Gasteiger partial charge in [-0.1, -0.05) is 42.5 Å². The first-order valence-corrected chi connectivity index (χ1v) is 6.60. The van der Waals surface area contributed by atoms with Crippen molar-refractivity contribution >= 4 is 6.08 Å². The van der Waals surface area contributed by atoms with Gasteiger partial charge in [-0.25, -0.2) is 4.39 Å². The molecule has 0 spiro atoms. The molecule has 0 saturated heterocycles. The third kappa shape index (κ3) is 2.73. The Morgan fingerprint density at radius 1 is 1.10 bits per heavy atom. The summed E-state index contributed by atoms with van der Waals surface area (Å²) in [5.41, 5.74) is 2.00. The molecule has 1 heterocycles. The van der Waals surface area contributed by atoms with Gasteiger partial charge >= 0.3 is 0 Å². The average Bonchev–Trinajstić information content (AvgIpc) is 2.46. The van der Waals surface area contributed by atoms with Gasteiger partial charge in [0.05, 0.1) is 0 Å². The zero-order valence-corrected chi connectivity index (χ0v) is 10.9. The Morgan fingerprint density at radius 2 is 1.85 bits per heavy atom. The molecular weight excluding hydrogens is 255 g/mol. The lowest BCUT2D eigenvalue weighted by atomic mass is 9.91. The molecule has 20 heavy (non-hydrogen) atoms. The fourth-order valence-corrected chi connectivity index (χ4v) is 2.42. The quantitative estimate of drug-likeness (QED) is 0.901. The van der Waals surface area contributed by atoms with E-state index in [1.54, 1.807) is 12.1 Å². The fraction of sp³-hybridized carbons (Fsp3) is 0.176. The number of para-hydroxylation sites is 1. The molecule has 1 N–H and O–H groups in total. The molecule has 0 aliphatic carbocycles. The first-order chi connectivity index (χ1) is 9.72. The van der Waals surface area contributed by atoms with Crippen molar-refractivity contribution in [3.63, 3.8) is 0 Å². The van der Waals surface area contributed by atoms with Gasteiger partial charge in [-0.3, -0.25) is 0 Å². The average molecular weight is 270 g/mol. The number of benzene rings is 2. The number of rotatable bonds is 2. The lowest BCUT2D eigenvalue weighted by Gasteiger charge is -2.27. The van der Waals surface area contributed by atoms with E-state index in [9.17, 15) is 9.50 Å². The first-order valence-electron chi connectivity index (χ1n) is 6.60. The Balaban J connectivity index is 1.85. The largest absolute Gasteiger partial charge is 0.465 e. The molecule has 3 rings (SSSR count). The van der Waals surface area contributed by atoms with Crippen LogP contribution in [0.2, 0.25) is 0 Å². The number of halogens is 1. The highest BCUT2D eigenvalue weighted by molar-refractivity contribution is 5.52. The summed E-state index contributed by atoms with van der Waals surface area (Å²) in [6.45, 7) is 0. The molecule has 0 fully saturated rings. The standard InChI is InChI=1S/C17H15FO2/c18-14-9-6-12(7-10-14)5-8-13-11-17(19)20-16-4-2-1-3-15(13)16/h1-10,13,17,19H,11H2/t13?,17-/m1/s1. The minimum atomic E-state index is -0.784. The van der Waals surface area contributed by atoms with Gasteiger partial charge in [0.1, 0.15) is 11.6 Å². The maximum Gasteiger partial charge on any atom is 0.198 e. The molecule has 0 amide bonds. The van der Waals surface area contributed by atoms with Crippen LogP contribution in [0.4, 0.5) is 4.39 Å². The van der Waals surface area contributed by atoms with Crippen LogP contribution in [0.3, 0.4) is 0 Å². The van der Waals surface area contributed by atoms with Crippen LogP contribution in [0.1, 0.15) is 23.5 Å². The van der Waals surface area contributed by atoms with Gasteiger partial charge in [0.15, 0.2) is 6.29 Å². The molecule has 2 atom stereocenters. The van der Waals surface area contributed by atoms with Gasteiger partial charge < -0.3 is 9.84 Å². The SMILES string of the molecule is O[C@H]1CC(C=Cc2ccc(F)cc2)c2ccccc2O1. The van der Waals surface area contributed by atoms with Gasteiger partial charge in [-0.05, 0) is 23.8 Å². The minimum Gasteiger partial charge on any atom is -0.465 e. The highest BCUT2D eigenvalue weighted by Crippen LogP contribution is 2.36. The molecule has 3 heteroatoms. The van der Waals surface area contributed by atoms with Crippen molar-refractivity contribution in [3.05, 3.63) is 71.6 Å². The Labute approximate surface area is 117 Å². The Morgan fingerprint density at radius 3 is 2.65 bits per heavy atom. The molecule has 0 bridgehead atoms. The van der Waals surface area contributed by atoms with Crippen molar-refractivity contribution in [2.24, 2.45) is 0 Å². The monoisotopic (exact) mass is 270 g/mol. The summed E-state index contributed by atoms with van der Waals surface area (Å²) in [5, 5.41) is 9.75. The Kier molecular flexibility index (Phi) is 3.52. The Hall–Kier alpha value is -2.13. The van der Waals surface area contributed by atoms with Crippen molar-refractivity contribution in [1.82, 2.24) is 0 Å². The summed E-state index contributed by atoms with van der Waals surface area (Å²) in [5.74, 6) is 0.578. The van der Waals surface area contributed by atoms with Crippen LogP contribution in [0.25, 0.3) is 6.08 Å². The van der Waals surface area contributed by atoms with Gasteiger partial charge in [0.25, 0.3) is 0 Å². The number of fused-ring (bicyclic) bond motifs is 1. The van der Waals surface area contributed by atoms with Crippen LogP contribution in [-0.4, -0.2) is 11.4 Å². The van der Waals surface area contributed by atoms with Crippen molar-refractivity contribution in [2.75, 3.05) is 0 Å². The summed E-state index contributed by atoms with van der Waals surface area (Å²) in [6, 6.07) is 14.0. The van der Waals surface area contributed by atoms with Crippen molar-refractivity contribution in [3.8, 4) is 5.75 Å². The predicted octanol–water partition coefficient (Wildman–Crippen LogP) is 3.72. The first kappa shape index (κ1) is 12.9. The van der Waals surface area contributed by atoms with E-state index >= 15 is 0 Å². The normalized spacial score (nSPS) is 21.5. The van der Waals surface area contributed by atoms with Crippen LogP contribution in [0, 0.1) is 5.82 Å². The topological polar surface area (TPSA) is 29.5 Å². The van der Waals surface area contributed by atoms with E-state index in [2.05, 4.69) is 0 Å². The second-order valence-corrected chi connectivity index (χ2v) is 4.86. The highest BCUT2D eigenvalue weighted by Gasteiger charge is 2.24. The Bertz CT molecular complexity index is 619. The van der Waals surface area contributed by atoms with E-state index in [4.69, 9.17) is 4.74 Å². The second-order valence-electron chi connectivity index (χ2n) is 4.86. The maximum atomic E-state index is 12.9. The second kappa shape index (κ2) is 5.47. The van der Waals surface area contributed by atoms with E-state index in [-0.39, 0.29) is 11.7 Å². The van der Waals surface area contributed by atoms with Crippen LogP contribution < -0.4 is 4.74 Å². The zero-order chi connectivity index (χ0) is 13.9. The predicted molar refractivity (Wildman–Crippen MR) is 75.9 cm³/mol. The van der Waals surface area contributed by atoms with Crippen LogP contribution in [0.15, 0.2) is 54.6 Å². The number of hydrogen-bond donors (Lipinski definition) is 1. The molecule has 1 aliphatic heterocycles. The molecule has 0 radical (unpaired) electrons. The summed E-state index contributed by atoms with van der Waals surface area (Å²) < 4.78 is 18.3. The van der Waals surface area contributed by atoms with Crippen molar-refractivity contribution in [2.45, 2.75) is 18.6 Å². The molecule has 2 nitrogen and oxygen atoms in total. The lowest BCUT2D eigenvalue weighted by Crippen LogP contribution is -2.24. The van der Waals surface area contributed by atoms with Gasteiger partial charge in [-0.15, -0.1) is 0 Å². The van der Waals surface area contributed by atoms with Gasteiger partial charge in [0.2, 0.25) is 0 Å². The molecule has 0 aromatic heterocycles. The van der Waals surface area contributed by atoms with E-state index in [1.807, 2.05) is 36.4 Å². The molecule has 0 saturated carbocycles. The molecular formula is C17H15FO2. The molecule has 102 valence electrons. The number of hydrogen-bond acceptors (Lipinski definition) is 2. The number of ether oxygens (including phenoxy) is 1. The molecule has 1 unspecified atom stereocenters. The molecule has 2 aromatic rings. The van der Waals surface area contributed by atoms with Crippen LogP contribution in [0.5, 0.6) is 5.75 Å². The number of allylic oxidation sites excluding steroid dienone is 1. The molecule has 2 aromatic carbocycles. The van der Waals surface area contributed by atoms with Crippen LogP contribution >= 0.6 is 0 Å². The smallest absolute Gasteiger partial charge is 0.198 e. The maximum absolute atomic E-state index is 12.9. The lowest BCUT2D eigenvalue weighted by molar-refractivity contribution is -0.0353. The molecule has 1 aliphatic rings. The van der Waals surface area contributed by atoms with E-state index in [1.165, 1.54) is 12.1 Å². The van der Waals surface area contributed by atoms with Gasteiger partial charge in [0, 0.05) is 17.9 Å². The van der Waals surface area contributed by atoms with Crippen LogP contribution in [-0.2, 0) is 0 Å².